The number of aromatic nitrogens is 2. The average molecular weight is 472 g/mol. The standard InChI is InChI=1S/C22H22BrN3O4/c1-15(27)16-9-10-20(21(12-16)29-2)30-11-5-8-22(28)25-18-6-3-4-7-19(18)26-14-17(23)13-24-26/h3-4,6-7,9-10,12-14H,5,8,11H2,1-2H3,(H,25,28). The number of ether oxygens (including phenoxy) is 2. The minimum atomic E-state index is -0.115. The smallest absolute Gasteiger partial charge is 0.224 e. The monoisotopic (exact) mass is 471 g/mol. The van der Waals surface area contributed by atoms with E-state index in [1.54, 1.807) is 29.1 Å². The van der Waals surface area contributed by atoms with Gasteiger partial charge in [0.05, 0.1) is 35.8 Å². The van der Waals surface area contributed by atoms with Crippen molar-refractivity contribution in [2.45, 2.75) is 19.8 Å². The van der Waals surface area contributed by atoms with Crippen LogP contribution in [0.15, 0.2) is 59.3 Å². The molecule has 0 atom stereocenters. The summed E-state index contributed by atoms with van der Waals surface area (Å²) in [5.41, 5.74) is 2.02. The number of carbonyl (C=O) groups is 2. The fourth-order valence-electron chi connectivity index (χ4n) is 2.85. The molecule has 3 aromatic rings. The van der Waals surface area contributed by atoms with Gasteiger partial charge in [-0.2, -0.15) is 5.10 Å². The number of nitrogens with zero attached hydrogens (tertiary/aromatic N) is 2. The molecule has 3 rings (SSSR count). The first kappa shape index (κ1) is 21.6. The lowest BCUT2D eigenvalue weighted by Crippen LogP contribution is -2.14. The number of benzene rings is 2. The van der Waals surface area contributed by atoms with Gasteiger partial charge in [0.25, 0.3) is 0 Å². The molecule has 0 fully saturated rings. The molecular formula is C22H22BrN3O4. The van der Waals surface area contributed by atoms with E-state index in [0.29, 0.717) is 42.2 Å². The normalized spacial score (nSPS) is 10.5. The second-order valence-electron chi connectivity index (χ2n) is 6.54. The molecule has 0 aliphatic rings. The van der Waals surface area contributed by atoms with Crippen LogP contribution >= 0.6 is 15.9 Å². The Balaban J connectivity index is 1.54. The van der Waals surface area contributed by atoms with Crippen LogP contribution in [0.4, 0.5) is 5.69 Å². The van der Waals surface area contributed by atoms with E-state index >= 15 is 0 Å². The Bertz CT molecular complexity index is 1050. The summed E-state index contributed by atoms with van der Waals surface area (Å²) in [5, 5.41) is 7.19. The fourth-order valence-corrected chi connectivity index (χ4v) is 3.13. The van der Waals surface area contributed by atoms with Crippen molar-refractivity contribution in [1.29, 1.82) is 0 Å². The van der Waals surface area contributed by atoms with E-state index in [1.165, 1.54) is 14.0 Å². The Morgan fingerprint density at radius 2 is 1.97 bits per heavy atom. The van der Waals surface area contributed by atoms with Gasteiger partial charge in [0.1, 0.15) is 0 Å². The van der Waals surface area contributed by atoms with Crippen molar-refractivity contribution in [3.8, 4) is 17.2 Å². The Hall–Kier alpha value is -3.13. The lowest BCUT2D eigenvalue weighted by molar-refractivity contribution is -0.116. The molecule has 30 heavy (non-hydrogen) atoms. The summed E-state index contributed by atoms with van der Waals surface area (Å²) in [6, 6.07) is 12.5. The third kappa shape index (κ3) is 5.48. The number of ketones is 1. The first-order valence-corrected chi connectivity index (χ1v) is 10.2. The van der Waals surface area contributed by atoms with Crippen molar-refractivity contribution in [2.24, 2.45) is 0 Å². The zero-order chi connectivity index (χ0) is 21.5. The van der Waals surface area contributed by atoms with Crippen molar-refractivity contribution in [1.82, 2.24) is 9.78 Å². The highest BCUT2D eigenvalue weighted by Gasteiger charge is 2.11. The molecule has 156 valence electrons. The number of anilines is 1. The highest BCUT2D eigenvalue weighted by molar-refractivity contribution is 9.10. The Labute approximate surface area is 183 Å². The second-order valence-corrected chi connectivity index (χ2v) is 7.46. The number of halogens is 1. The predicted octanol–water partition coefficient (Wildman–Crippen LogP) is 4.64. The predicted molar refractivity (Wildman–Crippen MR) is 118 cm³/mol. The summed E-state index contributed by atoms with van der Waals surface area (Å²) in [4.78, 5) is 23.9. The highest BCUT2D eigenvalue weighted by Crippen LogP contribution is 2.28. The number of nitrogens with one attached hydrogen (secondary N) is 1. The van der Waals surface area contributed by atoms with Gasteiger partial charge in [-0.25, -0.2) is 4.68 Å². The van der Waals surface area contributed by atoms with Crippen molar-refractivity contribution in [3.05, 3.63) is 64.9 Å². The molecule has 2 aromatic carbocycles. The van der Waals surface area contributed by atoms with Crippen molar-refractivity contribution >= 4 is 33.3 Å². The van der Waals surface area contributed by atoms with E-state index in [-0.39, 0.29) is 11.7 Å². The van der Waals surface area contributed by atoms with Gasteiger partial charge >= 0.3 is 0 Å². The molecule has 0 unspecified atom stereocenters. The summed E-state index contributed by atoms with van der Waals surface area (Å²) >= 11 is 3.38. The Morgan fingerprint density at radius 3 is 2.67 bits per heavy atom. The largest absolute Gasteiger partial charge is 0.493 e. The van der Waals surface area contributed by atoms with Crippen LogP contribution in [0.1, 0.15) is 30.1 Å². The van der Waals surface area contributed by atoms with E-state index in [2.05, 4.69) is 26.3 Å². The van der Waals surface area contributed by atoms with Crippen LogP contribution in [0.5, 0.6) is 11.5 Å². The third-order valence-corrected chi connectivity index (χ3v) is 4.76. The number of para-hydroxylation sites is 2. The average Bonchev–Trinajstić information content (AvgIpc) is 3.17. The summed E-state index contributed by atoms with van der Waals surface area (Å²) in [7, 11) is 1.52. The van der Waals surface area contributed by atoms with Crippen molar-refractivity contribution < 1.29 is 19.1 Å². The van der Waals surface area contributed by atoms with Gasteiger partial charge in [0.2, 0.25) is 5.91 Å². The van der Waals surface area contributed by atoms with E-state index < -0.39 is 0 Å². The first-order chi connectivity index (χ1) is 14.5. The van der Waals surface area contributed by atoms with Crippen LogP contribution in [-0.2, 0) is 4.79 Å². The summed E-state index contributed by atoms with van der Waals surface area (Å²) < 4.78 is 13.6. The number of hydrogen-bond donors (Lipinski definition) is 1. The van der Waals surface area contributed by atoms with Gasteiger partial charge in [-0.3, -0.25) is 9.59 Å². The third-order valence-electron chi connectivity index (χ3n) is 4.35. The highest BCUT2D eigenvalue weighted by atomic mass is 79.9. The van der Waals surface area contributed by atoms with E-state index in [0.717, 1.165) is 10.2 Å². The maximum atomic E-state index is 12.4. The molecule has 0 radical (unpaired) electrons. The zero-order valence-electron chi connectivity index (χ0n) is 16.7. The molecule has 0 aliphatic heterocycles. The molecule has 1 N–H and O–H groups in total. The van der Waals surface area contributed by atoms with Crippen LogP contribution in [0, 0.1) is 0 Å². The maximum absolute atomic E-state index is 12.4. The number of rotatable bonds is 9. The quantitative estimate of drug-likeness (QED) is 0.362. The molecule has 0 saturated carbocycles. The number of amides is 1. The number of carbonyl (C=O) groups excluding carboxylic acids is 2. The van der Waals surface area contributed by atoms with E-state index in [4.69, 9.17) is 9.47 Å². The molecular weight excluding hydrogens is 450 g/mol. The van der Waals surface area contributed by atoms with Gasteiger partial charge < -0.3 is 14.8 Å². The van der Waals surface area contributed by atoms with Gasteiger partial charge in [0.15, 0.2) is 17.3 Å². The lowest BCUT2D eigenvalue weighted by Gasteiger charge is -2.12. The number of hydrogen-bond acceptors (Lipinski definition) is 5. The van der Waals surface area contributed by atoms with Gasteiger partial charge in [0, 0.05) is 18.2 Å². The second kappa shape index (κ2) is 10.1. The van der Waals surface area contributed by atoms with Crippen LogP contribution in [0.3, 0.4) is 0 Å². The maximum Gasteiger partial charge on any atom is 0.224 e. The molecule has 0 spiro atoms. The van der Waals surface area contributed by atoms with Crippen LogP contribution in [0.2, 0.25) is 0 Å². The molecule has 7 nitrogen and oxygen atoms in total. The van der Waals surface area contributed by atoms with Gasteiger partial charge in [-0.05, 0) is 59.6 Å². The van der Waals surface area contributed by atoms with Crippen molar-refractivity contribution in [3.63, 3.8) is 0 Å². The summed E-state index contributed by atoms with van der Waals surface area (Å²) in [6.07, 6.45) is 4.33. The zero-order valence-corrected chi connectivity index (χ0v) is 18.3. The minimum absolute atomic E-state index is 0.0423. The molecule has 0 saturated heterocycles. The molecule has 8 heteroatoms. The molecule has 1 amide bonds. The summed E-state index contributed by atoms with van der Waals surface area (Å²) in [5.74, 6) is 0.874. The van der Waals surface area contributed by atoms with Gasteiger partial charge in [-0.15, -0.1) is 0 Å². The van der Waals surface area contributed by atoms with Crippen molar-refractivity contribution in [2.75, 3.05) is 19.0 Å². The summed E-state index contributed by atoms with van der Waals surface area (Å²) in [6.45, 7) is 1.84. The van der Waals surface area contributed by atoms with Crippen LogP contribution in [-0.4, -0.2) is 35.2 Å². The number of Topliss-reactive ketones (excluding diaryl/α,β-unsaturated/α-hetero) is 1. The first-order valence-electron chi connectivity index (χ1n) is 9.39. The molecule has 0 aliphatic carbocycles. The van der Waals surface area contributed by atoms with E-state index in [9.17, 15) is 9.59 Å². The van der Waals surface area contributed by atoms with E-state index in [1.807, 2.05) is 30.5 Å². The Kier molecular flexibility index (Phi) is 7.24. The topological polar surface area (TPSA) is 82.5 Å². The minimum Gasteiger partial charge on any atom is -0.493 e. The molecule has 1 aromatic heterocycles. The van der Waals surface area contributed by atoms with Crippen LogP contribution in [0.25, 0.3) is 5.69 Å². The Morgan fingerprint density at radius 1 is 1.17 bits per heavy atom. The fraction of sp³-hybridized carbons (Fsp3) is 0.227. The van der Waals surface area contributed by atoms with Crippen LogP contribution < -0.4 is 14.8 Å². The van der Waals surface area contributed by atoms with Gasteiger partial charge in [-0.1, -0.05) is 12.1 Å². The SMILES string of the molecule is COc1cc(C(C)=O)ccc1OCCCC(=O)Nc1ccccc1-n1cc(Br)cn1. The molecule has 1 heterocycles. The lowest BCUT2D eigenvalue weighted by atomic mass is 10.1. The molecule has 0 bridgehead atoms. The number of methoxy groups -OCH3 is 1.